The van der Waals surface area contributed by atoms with Gasteiger partial charge in [0.25, 0.3) is 0 Å². The molecule has 1 N–H and O–H groups in total. The van der Waals surface area contributed by atoms with Gasteiger partial charge >= 0.3 is 0 Å². The molecule has 2 bridgehead atoms. The van der Waals surface area contributed by atoms with E-state index in [9.17, 15) is 4.39 Å². The maximum atomic E-state index is 13.9. The molecule has 2 heteroatoms. The average Bonchev–Trinajstić information content (AvgIpc) is 2.96. The molecule has 4 aliphatic rings. The van der Waals surface area contributed by atoms with Gasteiger partial charge in [-0.2, -0.15) is 0 Å². The van der Waals surface area contributed by atoms with Crippen molar-refractivity contribution in [2.24, 2.45) is 17.8 Å². The third kappa shape index (κ3) is 1.39. The second-order valence-corrected chi connectivity index (χ2v) is 5.14. The van der Waals surface area contributed by atoms with Gasteiger partial charge in [-0.05, 0) is 25.2 Å². The summed E-state index contributed by atoms with van der Waals surface area (Å²) in [4.78, 5) is 0. The van der Waals surface area contributed by atoms with Crippen LogP contribution in [-0.4, -0.2) is 18.8 Å². The van der Waals surface area contributed by atoms with Crippen LogP contribution in [0, 0.1) is 17.8 Å². The van der Waals surface area contributed by atoms with Crippen LogP contribution in [0.4, 0.5) is 4.39 Å². The molecule has 4 fully saturated rings. The van der Waals surface area contributed by atoms with Crippen LogP contribution >= 0.6 is 0 Å². The van der Waals surface area contributed by atoms with E-state index in [1.54, 1.807) is 0 Å². The molecule has 13 heavy (non-hydrogen) atoms. The summed E-state index contributed by atoms with van der Waals surface area (Å²) < 4.78 is 13.9. The molecule has 2 heterocycles. The van der Waals surface area contributed by atoms with E-state index in [1.165, 1.54) is 19.3 Å². The molecule has 1 nitrogen and oxygen atoms in total. The van der Waals surface area contributed by atoms with Crippen molar-refractivity contribution < 1.29 is 4.39 Å². The Kier molecular flexibility index (Phi) is 1.86. The third-order valence-corrected chi connectivity index (χ3v) is 4.17. The van der Waals surface area contributed by atoms with Crippen molar-refractivity contribution in [3.63, 3.8) is 0 Å². The van der Waals surface area contributed by atoms with Crippen LogP contribution < -0.4 is 5.32 Å². The summed E-state index contributed by atoms with van der Waals surface area (Å²) in [6.07, 6.45) is 5.75. The first-order valence-electron chi connectivity index (χ1n) is 5.72. The normalized spacial score (nSPS) is 49.6. The molecule has 0 amide bonds. The van der Waals surface area contributed by atoms with Crippen LogP contribution in [0.25, 0.3) is 0 Å². The lowest BCUT2D eigenvalue weighted by Crippen LogP contribution is -2.56. The minimum absolute atomic E-state index is 0.341. The van der Waals surface area contributed by atoms with Crippen LogP contribution in [0.15, 0.2) is 0 Å². The largest absolute Gasteiger partial charge is 0.313 e. The highest BCUT2D eigenvalue weighted by Gasteiger charge is 2.45. The highest BCUT2D eigenvalue weighted by Crippen LogP contribution is 2.44. The quantitative estimate of drug-likeness (QED) is 0.691. The first-order valence-corrected chi connectivity index (χ1v) is 5.72. The minimum Gasteiger partial charge on any atom is -0.313 e. The molecular weight excluding hydrogens is 165 g/mol. The van der Waals surface area contributed by atoms with Crippen molar-refractivity contribution in [1.29, 1.82) is 0 Å². The molecule has 4 rings (SSSR count). The van der Waals surface area contributed by atoms with Gasteiger partial charge in [0, 0.05) is 24.4 Å². The van der Waals surface area contributed by atoms with Gasteiger partial charge in [0.05, 0.1) is 0 Å². The first kappa shape index (κ1) is 8.22. The number of hydrogen-bond acceptors (Lipinski definition) is 1. The van der Waals surface area contributed by atoms with Crippen LogP contribution in [0.1, 0.15) is 32.1 Å². The van der Waals surface area contributed by atoms with Gasteiger partial charge in [-0.1, -0.05) is 12.8 Å². The number of piperidine rings is 2. The van der Waals surface area contributed by atoms with Gasteiger partial charge in [-0.25, -0.2) is 4.39 Å². The second kappa shape index (κ2) is 2.94. The molecule has 0 aromatic rings. The average molecular weight is 183 g/mol. The number of halogens is 1. The zero-order valence-electron chi connectivity index (χ0n) is 8.01. The van der Waals surface area contributed by atoms with Crippen LogP contribution in [0.5, 0.6) is 0 Å². The van der Waals surface area contributed by atoms with Gasteiger partial charge in [0.2, 0.25) is 0 Å². The summed E-state index contributed by atoms with van der Waals surface area (Å²) >= 11 is 0. The predicted octanol–water partition coefficient (Wildman–Crippen LogP) is 2.12. The highest BCUT2D eigenvalue weighted by atomic mass is 19.1. The molecule has 2 aliphatic heterocycles. The Morgan fingerprint density at radius 1 is 1.15 bits per heavy atom. The first-order chi connectivity index (χ1) is 6.34. The minimum atomic E-state index is -0.486. The summed E-state index contributed by atoms with van der Waals surface area (Å²) in [6, 6.07) is 0.514. The SMILES string of the molecule is F[C@H]1[C@H]2CC[C@H](NC2)[C@H]1CC1CC1. The van der Waals surface area contributed by atoms with Gasteiger partial charge in [0.15, 0.2) is 0 Å². The van der Waals surface area contributed by atoms with E-state index in [2.05, 4.69) is 5.32 Å². The molecule has 74 valence electrons. The Morgan fingerprint density at radius 2 is 2.00 bits per heavy atom. The Hall–Kier alpha value is -0.110. The number of rotatable bonds is 2. The Labute approximate surface area is 79.1 Å². The van der Waals surface area contributed by atoms with E-state index in [4.69, 9.17) is 0 Å². The maximum Gasteiger partial charge on any atom is 0.108 e. The molecule has 0 unspecified atom stereocenters. The molecule has 0 spiro atoms. The summed E-state index contributed by atoms with van der Waals surface area (Å²) in [6.45, 7) is 0.938. The molecule has 4 atom stereocenters. The second-order valence-electron chi connectivity index (χ2n) is 5.14. The van der Waals surface area contributed by atoms with E-state index < -0.39 is 6.17 Å². The van der Waals surface area contributed by atoms with Crippen LogP contribution in [-0.2, 0) is 0 Å². The number of alkyl halides is 1. The molecular formula is C11H18FN. The monoisotopic (exact) mass is 183 g/mol. The topological polar surface area (TPSA) is 12.0 Å². The van der Waals surface area contributed by atoms with E-state index in [-0.39, 0.29) is 0 Å². The molecule has 2 saturated carbocycles. The molecule has 0 aromatic heterocycles. The zero-order valence-corrected chi connectivity index (χ0v) is 8.01. The van der Waals surface area contributed by atoms with Gasteiger partial charge in [-0.3, -0.25) is 0 Å². The molecule has 0 aromatic carbocycles. The summed E-state index contributed by atoms with van der Waals surface area (Å²) in [5.41, 5.74) is 0. The van der Waals surface area contributed by atoms with Crippen molar-refractivity contribution in [1.82, 2.24) is 5.32 Å². The van der Waals surface area contributed by atoms with Crippen molar-refractivity contribution >= 4 is 0 Å². The lowest BCUT2D eigenvalue weighted by atomic mass is 9.71. The van der Waals surface area contributed by atoms with E-state index in [0.29, 0.717) is 17.9 Å². The third-order valence-electron chi connectivity index (χ3n) is 4.17. The fourth-order valence-electron chi connectivity index (χ4n) is 3.14. The Morgan fingerprint density at radius 3 is 2.54 bits per heavy atom. The lowest BCUT2D eigenvalue weighted by molar-refractivity contribution is 0.0189. The molecule has 0 radical (unpaired) electrons. The zero-order chi connectivity index (χ0) is 8.84. The van der Waals surface area contributed by atoms with E-state index in [0.717, 1.165) is 25.3 Å². The predicted molar refractivity (Wildman–Crippen MR) is 50.2 cm³/mol. The van der Waals surface area contributed by atoms with Crippen LogP contribution in [0.2, 0.25) is 0 Å². The van der Waals surface area contributed by atoms with Gasteiger partial charge in [-0.15, -0.1) is 0 Å². The fraction of sp³-hybridized carbons (Fsp3) is 1.00. The number of nitrogens with one attached hydrogen (secondary N) is 1. The fourth-order valence-corrected chi connectivity index (χ4v) is 3.14. The summed E-state index contributed by atoms with van der Waals surface area (Å²) in [5.74, 6) is 1.58. The lowest BCUT2D eigenvalue weighted by Gasteiger charge is -2.46. The summed E-state index contributed by atoms with van der Waals surface area (Å²) in [5, 5.41) is 3.49. The molecule has 2 aliphatic carbocycles. The Balaban J connectivity index is 1.70. The van der Waals surface area contributed by atoms with Crippen molar-refractivity contribution in [2.45, 2.75) is 44.3 Å². The summed E-state index contributed by atoms with van der Waals surface area (Å²) in [7, 11) is 0. The number of hydrogen-bond donors (Lipinski definition) is 1. The van der Waals surface area contributed by atoms with Gasteiger partial charge < -0.3 is 5.32 Å². The van der Waals surface area contributed by atoms with E-state index in [1.807, 2.05) is 0 Å². The van der Waals surface area contributed by atoms with Crippen LogP contribution in [0.3, 0.4) is 0 Å². The van der Waals surface area contributed by atoms with Crippen molar-refractivity contribution in [3.8, 4) is 0 Å². The standard InChI is InChI=1S/C11H18FN/c12-11-8-3-4-10(13-6-8)9(11)5-7-1-2-7/h7-11,13H,1-6H2/t8-,9+,10-,11-/m0/s1. The van der Waals surface area contributed by atoms with E-state index >= 15 is 0 Å². The van der Waals surface area contributed by atoms with Crippen molar-refractivity contribution in [3.05, 3.63) is 0 Å². The maximum absolute atomic E-state index is 13.9. The highest BCUT2D eigenvalue weighted by molar-refractivity contribution is 4.99. The van der Waals surface area contributed by atoms with Crippen molar-refractivity contribution in [2.75, 3.05) is 6.54 Å². The number of fused-ring (bicyclic) bond motifs is 3. The smallest absolute Gasteiger partial charge is 0.108 e. The van der Waals surface area contributed by atoms with Gasteiger partial charge in [0.1, 0.15) is 6.17 Å². The molecule has 2 saturated heterocycles. The Bertz CT molecular complexity index is 192.